The number of benzene rings is 1. The van der Waals surface area contributed by atoms with Crippen LogP contribution in [0.2, 0.25) is 0 Å². The highest BCUT2D eigenvalue weighted by molar-refractivity contribution is 5.99. The molecule has 1 unspecified atom stereocenters. The number of amides is 1. The highest BCUT2D eigenvalue weighted by atomic mass is 16.5. The summed E-state index contributed by atoms with van der Waals surface area (Å²) < 4.78 is 5.04. The number of nitrogens with zero attached hydrogens (tertiary/aromatic N) is 1. The molecular formula is C13H16N2O4. The summed E-state index contributed by atoms with van der Waals surface area (Å²) in [6, 6.07) is 4.76. The maximum absolute atomic E-state index is 12.2. The van der Waals surface area contributed by atoms with Gasteiger partial charge in [-0.3, -0.25) is 4.79 Å². The van der Waals surface area contributed by atoms with Gasteiger partial charge in [-0.05, 0) is 30.2 Å². The number of carbonyl (C=O) groups is 2. The Kier molecular flexibility index (Phi) is 3.82. The van der Waals surface area contributed by atoms with Gasteiger partial charge in [0.2, 0.25) is 0 Å². The van der Waals surface area contributed by atoms with Gasteiger partial charge in [-0.25, -0.2) is 4.79 Å². The molecule has 0 saturated carbocycles. The number of hydrogen-bond acceptors (Lipinski definition) is 4. The maximum Gasteiger partial charge on any atom is 0.335 e. The minimum Gasteiger partial charge on any atom is -0.478 e. The number of anilines is 1. The molecule has 0 spiro atoms. The third-order valence-corrected chi connectivity index (χ3v) is 3.26. The first kappa shape index (κ1) is 13.5. The fourth-order valence-electron chi connectivity index (χ4n) is 2.24. The van der Waals surface area contributed by atoms with Gasteiger partial charge in [0, 0.05) is 25.9 Å². The molecule has 19 heavy (non-hydrogen) atoms. The van der Waals surface area contributed by atoms with Gasteiger partial charge in [-0.2, -0.15) is 0 Å². The molecule has 0 aliphatic carbocycles. The zero-order chi connectivity index (χ0) is 14.0. The van der Waals surface area contributed by atoms with E-state index in [1.54, 1.807) is 17.0 Å². The third-order valence-electron chi connectivity index (χ3n) is 3.26. The van der Waals surface area contributed by atoms with Crippen LogP contribution in [0.4, 0.5) is 5.69 Å². The van der Waals surface area contributed by atoms with Crippen LogP contribution in [0.5, 0.6) is 0 Å². The Morgan fingerprint density at radius 2 is 2.26 bits per heavy atom. The van der Waals surface area contributed by atoms with E-state index >= 15 is 0 Å². The van der Waals surface area contributed by atoms with Crippen molar-refractivity contribution in [1.82, 2.24) is 0 Å². The van der Waals surface area contributed by atoms with Crippen molar-refractivity contribution < 1.29 is 19.4 Å². The molecule has 0 saturated heterocycles. The van der Waals surface area contributed by atoms with Crippen molar-refractivity contribution in [3.63, 3.8) is 0 Å². The number of fused-ring (bicyclic) bond motifs is 1. The molecule has 1 aromatic carbocycles. The molecule has 0 aromatic heterocycles. The number of hydrogen-bond donors (Lipinski definition) is 2. The molecule has 0 bridgehead atoms. The highest BCUT2D eigenvalue weighted by Crippen LogP contribution is 2.29. The second-order valence-electron chi connectivity index (χ2n) is 4.35. The zero-order valence-corrected chi connectivity index (χ0v) is 10.6. The van der Waals surface area contributed by atoms with Crippen molar-refractivity contribution in [2.45, 2.75) is 12.5 Å². The van der Waals surface area contributed by atoms with Crippen LogP contribution in [0.1, 0.15) is 15.9 Å². The Morgan fingerprint density at radius 1 is 1.53 bits per heavy atom. The number of aromatic carboxylic acids is 1. The smallest absolute Gasteiger partial charge is 0.335 e. The Balaban J connectivity index is 2.27. The zero-order valence-electron chi connectivity index (χ0n) is 10.6. The Labute approximate surface area is 110 Å². The van der Waals surface area contributed by atoms with Gasteiger partial charge in [0.05, 0.1) is 5.56 Å². The summed E-state index contributed by atoms with van der Waals surface area (Å²) in [6.07, 6.45) is -0.0199. The van der Waals surface area contributed by atoms with Crippen LogP contribution in [0.15, 0.2) is 18.2 Å². The predicted molar refractivity (Wildman–Crippen MR) is 69.3 cm³/mol. The molecule has 1 heterocycles. The van der Waals surface area contributed by atoms with Gasteiger partial charge in [0.15, 0.2) is 0 Å². The first-order chi connectivity index (χ1) is 9.08. The second-order valence-corrected chi connectivity index (χ2v) is 4.35. The summed E-state index contributed by atoms with van der Waals surface area (Å²) >= 11 is 0. The van der Waals surface area contributed by atoms with E-state index in [9.17, 15) is 9.59 Å². The van der Waals surface area contributed by atoms with Crippen LogP contribution in [-0.4, -0.2) is 43.3 Å². The fraction of sp³-hybridized carbons (Fsp3) is 0.385. The second kappa shape index (κ2) is 5.38. The van der Waals surface area contributed by atoms with Crippen molar-refractivity contribution in [2.75, 3.05) is 25.1 Å². The molecule has 0 radical (unpaired) electrons. The Hall–Kier alpha value is -1.92. The van der Waals surface area contributed by atoms with Gasteiger partial charge >= 0.3 is 5.97 Å². The van der Waals surface area contributed by atoms with E-state index in [-0.39, 0.29) is 18.0 Å². The number of carboxylic acids is 1. The summed E-state index contributed by atoms with van der Waals surface area (Å²) in [5, 5.41) is 8.94. The van der Waals surface area contributed by atoms with Gasteiger partial charge in [0.25, 0.3) is 5.91 Å². The SMILES string of the molecule is COC(CN)C(=O)N1CCc2cc(C(=O)O)ccc21. The monoisotopic (exact) mass is 264 g/mol. The summed E-state index contributed by atoms with van der Waals surface area (Å²) in [7, 11) is 1.44. The van der Waals surface area contributed by atoms with Crippen molar-refractivity contribution in [1.29, 1.82) is 0 Å². The number of rotatable bonds is 4. The van der Waals surface area contributed by atoms with E-state index in [0.717, 1.165) is 11.3 Å². The number of nitrogens with two attached hydrogens (primary N) is 1. The van der Waals surface area contributed by atoms with Crippen LogP contribution in [0.3, 0.4) is 0 Å². The van der Waals surface area contributed by atoms with E-state index in [4.69, 9.17) is 15.6 Å². The minimum absolute atomic E-state index is 0.119. The molecule has 0 fully saturated rings. The normalized spacial score (nSPS) is 15.2. The largest absolute Gasteiger partial charge is 0.478 e. The first-order valence-electron chi connectivity index (χ1n) is 5.99. The van der Waals surface area contributed by atoms with Crippen molar-refractivity contribution in [3.8, 4) is 0 Å². The van der Waals surface area contributed by atoms with E-state index in [2.05, 4.69) is 0 Å². The quantitative estimate of drug-likeness (QED) is 0.813. The minimum atomic E-state index is -0.968. The topological polar surface area (TPSA) is 92.9 Å². The van der Waals surface area contributed by atoms with Crippen LogP contribution in [-0.2, 0) is 16.0 Å². The summed E-state index contributed by atoms with van der Waals surface area (Å²) in [5.74, 6) is -1.16. The molecule has 1 amide bonds. The number of methoxy groups -OCH3 is 1. The van der Waals surface area contributed by atoms with Crippen LogP contribution in [0, 0.1) is 0 Å². The van der Waals surface area contributed by atoms with Crippen LogP contribution in [0.25, 0.3) is 0 Å². The predicted octanol–water partition coefficient (Wildman–Crippen LogP) is 0.248. The molecule has 6 heteroatoms. The van der Waals surface area contributed by atoms with Gasteiger partial charge in [0.1, 0.15) is 6.10 Å². The van der Waals surface area contributed by atoms with Gasteiger partial charge in [-0.15, -0.1) is 0 Å². The lowest BCUT2D eigenvalue weighted by Gasteiger charge is -2.22. The van der Waals surface area contributed by atoms with Gasteiger partial charge in [-0.1, -0.05) is 0 Å². The average molecular weight is 264 g/mol. The van der Waals surface area contributed by atoms with Crippen molar-refractivity contribution in [2.24, 2.45) is 5.73 Å². The lowest BCUT2D eigenvalue weighted by atomic mass is 10.1. The number of carbonyl (C=O) groups excluding carboxylic acids is 1. The summed E-state index contributed by atoms with van der Waals surface area (Å²) in [5.41, 5.74) is 7.32. The third kappa shape index (κ3) is 2.45. The Bertz CT molecular complexity index is 511. The van der Waals surface area contributed by atoms with E-state index < -0.39 is 12.1 Å². The van der Waals surface area contributed by atoms with E-state index in [1.807, 2.05) is 0 Å². The van der Waals surface area contributed by atoms with Crippen molar-refractivity contribution in [3.05, 3.63) is 29.3 Å². The Morgan fingerprint density at radius 3 is 2.84 bits per heavy atom. The first-order valence-corrected chi connectivity index (χ1v) is 5.99. The molecule has 1 atom stereocenters. The highest BCUT2D eigenvalue weighted by Gasteiger charge is 2.29. The maximum atomic E-state index is 12.2. The molecule has 1 aliphatic rings. The summed E-state index contributed by atoms with van der Waals surface area (Å²) in [6.45, 7) is 0.644. The molecule has 2 rings (SSSR count). The fourth-order valence-corrected chi connectivity index (χ4v) is 2.24. The van der Waals surface area contributed by atoms with E-state index in [0.29, 0.717) is 13.0 Å². The van der Waals surface area contributed by atoms with Crippen LogP contribution >= 0.6 is 0 Å². The molecular weight excluding hydrogens is 248 g/mol. The number of ether oxygens (including phenoxy) is 1. The standard InChI is InChI=1S/C13H16N2O4/c1-19-11(7-14)12(16)15-5-4-8-6-9(13(17)18)2-3-10(8)15/h2-3,6,11H,4-5,7,14H2,1H3,(H,17,18). The van der Waals surface area contributed by atoms with E-state index in [1.165, 1.54) is 13.2 Å². The van der Waals surface area contributed by atoms with Crippen molar-refractivity contribution >= 4 is 17.6 Å². The average Bonchev–Trinajstić information content (AvgIpc) is 2.82. The molecule has 102 valence electrons. The molecule has 1 aromatic rings. The lowest BCUT2D eigenvalue weighted by molar-refractivity contribution is -0.127. The molecule has 1 aliphatic heterocycles. The summed E-state index contributed by atoms with van der Waals surface area (Å²) in [4.78, 5) is 24.7. The lowest BCUT2D eigenvalue weighted by Crippen LogP contribution is -2.43. The molecule has 6 nitrogen and oxygen atoms in total. The number of carboxylic acid groups (broad SMARTS) is 1. The molecule has 3 N–H and O–H groups in total. The van der Waals surface area contributed by atoms with Crippen LogP contribution < -0.4 is 10.6 Å². The van der Waals surface area contributed by atoms with Gasteiger partial charge < -0.3 is 20.5 Å².